The lowest BCUT2D eigenvalue weighted by atomic mass is 9.93. The van der Waals surface area contributed by atoms with Gasteiger partial charge in [-0.2, -0.15) is 0 Å². The smallest absolute Gasteiger partial charge is 0.313 e. The highest BCUT2D eigenvalue weighted by Crippen LogP contribution is 2.31. The lowest BCUT2D eigenvalue weighted by Gasteiger charge is -2.16. The lowest BCUT2D eigenvalue weighted by molar-refractivity contribution is 0.174. The quantitative estimate of drug-likeness (QED) is 0.799. The molecule has 0 saturated heterocycles. The predicted octanol–water partition coefficient (Wildman–Crippen LogP) is 0.885. The molecule has 1 aliphatic heterocycles. The van der Waals surface area contributed by atoms with Crippen molar-refractivity contribution in [2.75, 3.05) is 12.9 Å². The molecular formula is C17H19N3O5S. The molecule has 0 saturated carbocycles. The Morgan fingerprint density at radius 3 is 2.46 bits per heavy atom. The van der Waals surface area contributed by atoms with Crippen molar-refractivity contribution in [3.8, 4) is 11.1 Å². The molecule has 0 spiro atoms. The topological polar surface area (TPSA) is 111 Å². The highest BCUT2D eigenvalue weighted by molar-refractivity contribution is 7.90. The molecular weight excluding hydrogens is 358 g/mol. The minimum Gasteiger partial charge on any atom is -0.395 e. The van der Waals surface area contributed by atoms with Crippen LogP contribution in [0.25, 0.3) is 11.1 Å². The fourth-order valence-electron chi connectivity index (χ4n) is 3.22. The Kier molecular flexibility index (Phi) is 4.35. The molecule has 9 heteroatoms. The van der Waals surface area contributed by atoms with Gasteiger partial charge in [0.25, 0.3) is 5.43 Å². The molecule has 3 rings (SSSR count). The minimum atomic E-state index is -3.52. The van der Waals surface area contributed by atoms with E-state index in [2.05, 4.69) is 10.3 Å². The van der Waals surface area contributed by atoms with Gasteiger partial charge >= 0.3 is 5.56 Å². The van der Waals surface area contributed by atoms with Crippen molar-refractivity contribution in [1.82, 2.24) is 9.78 Å². The van der Waals surface area contributed by atoms with E-state index < -0.39 is 20.8 Å². The number of benzene rings is 1. The second kappa shape index (κ2) is 6.24. The maximum Gasteiger partial charge on any atom is 0.313 e. The largest absolute Gasteiger partial charge is 0.395 e. The monoisotopic (exact) mass is 377 g/mol. The molecule has 26 heavy (non-hydrogen) atoms. The van der Waals surface area contributed by atoms with Gasteiger partial charge in [-0.25, -0.2) is 8.42 Å². The SMILES string of the molecule is Cc1[nH]n(C)c(=O)c(=O)c1-c1ccc(S(C)(=O)=O)c(C2=NOCC2)c1C. The number of oxime groups is 1. The van der Waals surface area contributed by atoms with Crippen LogP contribution in [0, 0.1) is 13.8 Å². The van der Waals surface area contributed by atoms with Crippen LogP contribution in [0.15, 0.2) is 31.8 Å². The Balaban J connectivity index is 2.40. The van der Waals surface area contributed by atoms with Gasteiger partial charge in [-0.3, -0.25) is 19.4 Å². The van der Waals surface area contributed by atoms with Gasteiger partial charge in [0, 0.05) is 31.0 Å². The summed E-state index contributed by atoms with van der Waals surface area (Å²) in [6, 6.07) is 3.01. The zero-order valence-electron chi connectivity index (χ0n) is 14.9. The Morgan fingerprint density at radius 2 is 1.88 bits per heavy atom. The summed E-state index contributed by atoms with van der Waals surface area (Å²) in [6.45, 7) is 3.78. The summed E-state index contributed by atoms with van der Waals surface area (Å²) < 4.78 is 25.6. The molecule has 0 unspecified atom stereocenters. The number of rotatable bonds is 3. The zero-order chi connectivity index (χ0) is 19.2. The summed E-state index contributed by atoms with van der Waals surface area (Å²) in [5, 5.41) is 6.79. The van der Waals surface area contributed by atoms with E-state index in [-0.39, 0.29) is 10.5 Å². The van der Waals surface area contributed by atoms with Crippen molar-refractivity contribution in [3.05, 3.63) is 49.5 Å². The van der Waals surface area contributed by atoms with E-state index in [0.717, 1.165) is 10.9 Å². The third-order valence-corrected chi connectivity index (χ3v) is 5.56. The van der Waals surface area contributed by atoms with Gasteiger partial charge in [-0.15, -0.1) is 0 Å². The summed E-state index contributed by atoms with van der Waals surface area (Å²) in [4.78, 5) is 29.8. The Morgan fingerprint density at radius 1 is 1.19 bits per heavy atom. The zero-order valence-corrected chi connectivity index (χ0v) is 15.7. The number of aryl methyl sites for hydroxylation is 2. The summed E-state index contributed by atoms with van der Waals surface area (Å²) in [7, 11) is -2.05. The molecule has 1 aromatic heterocycles. The second-order valence-corrected chi connectivity index (χ2v) is 8.29. The fourth-order valence-corrected chi connectivity index (χ4v) is 4.18. The lowest BCUT2D eigenvalue weighted by Crippen LogP contribution is -2.36. The molecule has 1 aromatic carbocycles. The molecule has 0 bridgehead atoms. The number of nitrogens with zero attached hydrogens (tertiary/aromatic N) is 2. The maximum absolute atomic E-state index is 12.6. The number of sulfone groups is 1. The molecule has 8 nitrogen and oxygen atoms in total. The van der Waals surface area contributed by atoms with Crippen LogP contribution in [0.1, 0.15) is 23.2 Å². The van der Waals surface area contributed by atoms with Gasteiger partial charge < -0.3 is 4.84 Å². The first-order chi connectivity index (χ1) is 12.1. The van der Waals surface area contributed by atoms with Crippen molar-refractivity contribution in [2.45, 2.75) is 25.2 Å². The van der Waals surface area contributed by atoms with Crippen molar-refractivity contribution >= 4 is 15.5 Å². The summed E-state index contributed by atoms with van der Waals surface area (Å²) in [6.07, 6.45) is 1.59. The van der Waals surface area contributed by atoms with Gasteiger partial charge in [0.2, 0.25) is 0 Å². The number of hydrogen-bond acceptors (Lipinski definition) is 6. The van der Waals surface area contributed by atoms with Crippen LogP contribution >= 0.6 is 0 Å². The third kappa shape index (κ3) is 2.88. The Hall–Kier alpha value is -2.68. The van der Waals surface area contributed by atoms with Gasteiger partial charge in [-0.1, -0.05) is 11.2 Å². The first-order valence-electron chi connectivity index (χ1n) is 7.96. The van der Waals surface area contributed by atoms with Crippen molar-refractivity contribution < 1.29 is 13.3 Å². The number of aromatic amines is 1. The number of nitrogens with one attached hydrogen (secondary N) is 1. The van der Waals surface area contributed by atoms with Crippen molar-refractivity contribution in [2.24, 2.45) is 12.2 Å². The number of aromatic nitrogens is 2. The predicted molar refractivity (Wildman–Crippen MR) is 97.4 cm³/mol. The van der Waals surface area contributed by atoms with Crippen LogP contribution in [0.5, 0.6) is 0 Å². The summed E-state index contributed by atoms with van der Waals surface area (Å²) in [5.74, 6) is 0. The summed E-state index contributed by atoms with van der Waals surface area (Å²) >= 11 is 0. The molecule has 0 radical (unpaired) electrons. The number of H-pyrrole nitrogens is 1. The van der Waals surface area contributed by atoms with Gasteiger partial charge in [-0.05, 0) is 31.0 Å². The van der Waals surface area contributed by atoms with Crippen LogP contribution in [-0.2, 0) is 21.7 Å². The molecule has 1 N–H and O–H groups in total. The van der Waals surface area contributed by atoms with Crippen LogP contribution < -0.4 is 11.0 Å². The van der Waals surface area contributed by atoms with Crippen LogP contribution in [0.2, 0.25) is 0 Å². The highest BCUT2D eigenvalue weighted by Gasteiger charge is 2.26. The molecule has 2 heterocycles. The van der Waals surface area contributed by atoms with E-state index in [0.29, 0.717) is 41.1 Å². The van der Waals surface area contributed by atoms with Crippen molar-refractivity contribution in [3.63, 3.8) is 0 Å². The average Bonchev–Trinajstić information content (AvgIpc) is 3.07. The minimum absolute atomic E-state index is 0.126. The molecule has 0 fully saturated rings. The van der Waals surface area contributed by atoms with E-state index in [1.54, 1.807) is 19.9 Å². The van der Waals surface area contributed by atoms with Crippen molar-refractivity contribution in [1.29, 1.82) is 0 Å². The Labute approximate surface area is 150 Å². The Bertz CT molecular complexity index is 1160. The first-order valence-corrected chi connectivity index (χ1v) is 9.85. The average molecular weight is 377 g/mol. The number of hydrogen-bond donors (Lipinski definition) is 1. The van der Waals surface area contributed by atoms with Crippen LogP contribution in [0.3, 0.4) is 0 Å². The molecule has 138 valence electrons. The van der Waals surface area contributed by atoms with E-state index in [1.807, 2.05) is 0 Å². The highest BCUT2D eigenvalue weighted by atomic mass is 32.2. The van der Waals surface area contributed by atoms with Gasteiger partial charge in [0.15, 0.2) is 9.84 Å². The maximum atomic E-state index is 12.6. The van der Waals surface area contributed by atoms with Crippen LogP contribution in [0.4, 0.5) is 0 Å². The van der Waals surface area contributed by atoms with Gasteiger partial charge in [0.1, 0.15) is 6.61 Å². The fraction of sp³-hybridized carbons (Fsp3) is 0.353. The molecule has 0 aliphatic carbocycles. The van der Waals surface area contributed by atoms with E-state index >= 15 is 0 Å². The second-order valence-electron chi connectivity index (χ2n) is 6.31. The molecule has 0 amide bonds. The van der Waals surface area contributed by atoms with E-state index in [1.165, 1.54) is 13.1 Å². The van der Waals surface area contributed by atoms with Crippen LogP contribution in [-0.4, -0.2) is 36.8 Å². The van der Waals surface area contributed by atoms with E-state index in [4.69, 9.17) is 4.84 Å². The van der Waals surface area contributed by atoms with Gasteiger partial charge in [0.05, 0.1) is 16.2 Å². The third-order valence-electron chi connectivity index (χ3n) is 4.43. The standard InChI is InChI=1S/C17H19N3O5S/c1-9-11(15-10(2)18-20(3)17(22)16(15)21)5-6-13(26(4,23)24)14(9)12-7-8-25-19-12/h5-6,18H,7-8H2,1-4H3. The summed E-state index contributed by atoms with van der Waals surface area (Å²) in [5.41, 5.74) is 1.44. The first kappa shape index (κ1) is 18.1. The molecule has 2 aromatic rings. The normalized spacial score (nSPS) is 14.2. The molecule has 1 aliphatic rings. The molecule has 0 atom stereocenters. The van der Waals surface area contributed by atoms with E-state index in [9.17, 15) is 18.0 Å².